The fourth-order valence-electron chi connectivity index (χ4n) is 2.04. The maximum absolute atomic E-state index is 10.9. The molecule has 0 radical (unpaired) electrons. The van der Waals surface area contributed by atoms with Crippen LogP contribution in [0.4, 0.5) is 5.69 Å². The second kappa shape index (κ2) is 3.30. The lowest BCUT2D eigenvalue weighted by atomic mass is 9.81. The third-order valence-electron chi connectivity index (χ3n) is 2.93. The van der Waals surface area contributed by atoms with E-state index in [1.165, 1.54) is 6.07 Å². The Bertz CT molecular complexity index is 467. The van der Waals surface area contributed by atoms with E-state index in [4.69, 9.17) is 4.74 Å². The van der Waals surface area contributed by atoms with Crippen molar-refractivity contribution in [2.24, 2.45) is 0 Å². The molecule has 0 fully saturated rings. The quantitative estimate of drug-likeness (QED) is 0.434. The Balaban J connectivity index is 2.65. The highest BCUT2D eigenvalue weighted by Gasteiger charge is 2.46. The van der Waals surface area contributed by atoms with Gasteiger partial charge in [0, 0.05) is 11.5 Å². The third kappa shape index (κ3) is 1.28. The van der Waals surface area contributed by atoms with Gasteiger partial charge in [0.25, 0.3) is 5.69 Å². The monoisotopic (exact) mass is 221 g/mol. The average molecular weight is 221 g/mol. The van der Waals surface area contributed by atoms with Gasteiger partial charge in [0.15, 0.2) is 12.4 Å². The van der Waals surface area contributed by atoms with Crippen LogP contribution < -0.4 is 4.74 Å². The number of benzene rings is 1. The van der Waals surface area contributed by atoms with Crippen LogP contribution in [-0.4, -0.2) is 17.3 Å². The van der Waals surface area contributed by atoms with Gasteiger partial charge in [-0.05, 0) is 6.07 Å². The highest BCUT2D eigenvalue weighted by Crippen LogP contribution is 2.46. The maximum Gasteiger partial charge on any atom is 0.277 e. The lowest BCUT2D eigenvalue weighted by molar-refractivity contribution is -0.385. The van der Waals surface area contributed by atoms with E-state index in [0.29, 0.717) is 17.6 Å². The van der Waals surface area contributed by atoms with Crippen LogP contribution in [0.15, 0.2) is 18.2 Å². The molecule has 1 aliphatic rings. The molecule has 1 aromatic rings. The van der Waals surface area contributed by atoms with Crippen LogP contribution in [0.5, 0.6) is 5.75 Å². The Morgan fingerprint density at radius 2 is 2.19 bits per heavy atom. The SMILES string of the molecule is CC1(C)c2c(cccc2[N+](=O)[O-])OC1C=O. The molecule has 1 heterocycles. The minimum atomic E-state index is -0.666. The Kier molecular flexibility index (Phi) is 2.18. The summed E-state index contributed by atoms with van der Waals surface area (Å²) in [5, 5.41) is 10.9. The summed E-state index contributed by atoms with van der Waals surface area (Å²) in [7, 11) is 0. The summed E-state index contributed by atoms with van der Waals surface area (Å²) < 4.78 is 5.39. The molecule has 1 atom stereocenters. The summed E-state index contributed by atoms with van der Waals surface area (Å²) in [6, 6.07) is 4.63. The normalized spacial score (nSPS) is 21.0. The van der Waals surface area contributed by atoms with Crippen molar-refractivity contribution in [1.82, 2.24) is 0 Å². The molecular weight excluding hydrogens is 210 g/mol. The van der Waals surface area contributed by atoms with E-state index in [1.807, 2.05) is 0 Å². The van der Waals surface area contributed by atoms with Gasteiger partial charge in [-0.1, -0.05) is 19.9 Å². The number of hydrogen-bond donors (Lipinski definition) is 0. The molecular formula is C11H11NO4. The molecule has 1 aromatic carbocycles. The molecule has 0 saturated carbocycles. The maximum atomic E-state index is 10.9. The number of nitrogens with zero attached hydrogens (tertiary/aromatic N) is 1. The Hall–Kier alpha value is -1.91. The number of carbonyl (C=O) groups is 1. The second-order valence-corrected chi connectivity index (χ2v) is 4.30. The van der Waals surface area contributed by atoms with E-state index in [2.05, 4.69) is 0 Å². The fourth-order valence-corrected chi connectivity index (χ4v) is 2.04. The molecule has 0 aliphatic carbocycles. The smallest absolute Gasteiger partial charge is 0.277 e. The molecule has 2 rings (SSSR count). The van der Waals surface area contributed by atoms with Gasteiger partial charge in [-0.2, -0.15) is 0 Å². The van der Waals surface area contributed by atoms with E-state index in [1.54, 1.807) is 26.0 Å². The van der Waals surface area contributed by atoms with Gasteiger partial charge >= 0.3 is 0 Å². The molecule has 5 nitrogen and oxygen atoms in total. The van der Waals surface area contributed by atoms with Crippen LogP contribution in [-0.2, 0) is 10.2 Å². The van der Waals surface area contributed by atoms with Gasteiger partial charge in [-0.3, -0.25) is 14.9 Å². The van der Waals surface area contributed by atoms with Crippen molar-refractivity contribution < 1.29 is 14.5 Å². The zero-order valence-electron chi connectivity index (χ0n) is 8.97. The third-order valence-corrected chi connectivity index (χ3v) is 2.93. The van der Waals surface area contributed by atoms with Gasteiger partial charge < -0.3 is 4.74 Å². The first kappa shape index (κ1) is 10.6. The summed E-state index contributed by atoms with van der Waals surface area (Å²) in [5.41, 5.74) is -0.162. The summed E-state index contributed by atoms with van der Waals surface area (Å²) in [5.74, 6) is 0.427. The van der Waals surface area contributed by atoms with E-state index < -0.39 is 16.4 Å². The summed E-state index contributed by atoms with van der Waals surface area (Å²) in [4.78, 5) is 21.3. The van der Waals surface area contributed by atoms with Crippen molar-refractivity contribution in [3.05, 3.63) is 33.9 Å². The molecule has 5 heteroatoms. The Morgan fingerprint density at radius 3 is 2.75 bits per heavy atom. The van der Waals surface area contributed by atoms with Crippen molar-refractivity contribution in [1.29, 1.82) is 0 Å². The first-order valence-corrected chi connectivity index (χ1v) is 4.88. The van der Waals surface area contributed by atoms with E-state index in [9.17, 15) is 14.9 Å². The van der Waals surface area contributed by atoms with Crippen LogP contribution in [0.3, 0.4) is 0 Å². The van der Waals surface area contributed by atoms with Crippen molar-refractivity contribution in [2.45, 2.75) is 25.4 Å². The number of fused-ring (bicyclic) bond motifs is 1. The Labute approximate surface area is 92.2 Å². The number of hydrogen-bond acceptors (Lipinski definition) is 4. The van der Waals surface area contributed by atoms with Crippen LogP contribution >= 0.6 is 0 Å². The van der Waals surface area contributed by atoms with Gasteiger partial charge in [0.2, 0.25) is 0 Å². The minimum absolute atomic E-state index is 0.00634. The van der Waals surface area contributed by atoms with Crippen molar-refractivity contribution in [3.8, 4) is 5.75 Å². The molecule has 0 N–H and O–H groups in total. The number of rotatable bonds is 2. The predicted octanol–water partition coefficient (Wildman–Crippen LogP) is 1.83. The van der Waals surface area contributed by atoms with Gasteiger partial charge in [-0.25, -0.2) is 0 Å². The first-order chi connectivity index (χ1) is 7.48. The van der Waals surface area contributed by atoms with E-state index in [-0.39, 0.29) is 5.69 Å². The summed E-state index contributed by atoms with van der Waals surface area (Å²) in [6.07, 6.45) is 0.0209. The molecule has 0 bridgehead atoms. The lowest BCUT2D eigenvalue weighted by Crippen LogP contribution is -2.33. The largest absolute Gasteiger partial charge is 0.481 e. The topological polar surface area (TPSA) is 69.4 Å². The van der Waals surface area contributed by atoms with Crippen molar-refractivity contribution in [3.63, 3.8) is 0 Å². The number of ether oxygens (including phenoxy) is 1. The number of carbonyl (C=O) groups excluding carboxylic acids is 1. The molecule has 1 aliphatic heterocycles. The summed E-state index contributed by atoms with van der Waals surface area (Å²) in [6.45, 7) is 3.54. The molecule has 16 heavy (non-hydrogen) atoms. The van der Waals surface area contributed by atoms with Crippen LogP contribution in [0.25, 0.3) is 0 Å². The summed E-state index contributed by atoms with van der Waals surface area (Å²) >= 11 is 0. The molecule has 84 valence electrons. The fraction of sp³-hybridized carbons (Fsp3) is 0.364. The molecule has 0 spiro atoms. The van der Waals surface area contributed by atoms with Gasteiger partial charge in [0.05, 0.1) is 10.5 Å². The van der Waals surface area contributed by atoms with Crippen molar-refractivity contribution >= 4 is 12.0 Å². The molecule has 0 amide bonds. The van der Waals surface area contributed by atoms with Crippen LogP contribution in [0.2, 0.25) is 0 Å². The zero-order valence-corrected chi connectivity index (χ0v) is 8.97. The highest BCUT2D eigenvalue weighted by atomic mass is 16.6. The predicted molar refractivity (Wildman–Crippen MR) is 56.6 cm³/mol. The first-order valence-electron chi connectivity index (χ1n) is 4.88. The average Bonchev–Trinajstić information content (AvgIpc) is 2.50. The number of nitro groups is 1. The van der Waals surface area contributed by atoms with E-state index in [0.717, 1.165) is 0 Å². The van der Waals surface area contributed by atoms with Crippen molar-refractivity contribution in [2.75, 3.05) is 0 Å². The molecule has 1 unspecified atom stereocenters. The second-order valence-electron chi connectivity index (χ2n) is 4.30. The van der Waals surface area contributed by atoms with Crippen LogP contribution in [0, 0.1) is 10.1 Å². The van der Waals surface area contributed by atoms with Gasteiger partial charge in [-0.15, -0.1) is 0 Å². The standard InChI is InChI=1S/C11H11NO4/c1-11(2)9(6-13)16-8-5-3-4-7(10(8)11)12(14)15/h3-6,9H,1-2H3. The minimum Gasteiger partial charge on any atom is -0.481 e. The van der Waals surface area contributed by atoms with Crippen LogP contribution in [0.1, 0.15) is 19.4 Å². The highest BCUT2D eigenvalue weighted by molar-refractivity contribution is 5.68. The zero-order chi connectivity index (χ0) is 11.9. The Morgan fingerprint density at radius 1 is 1.50 bits per heavy atom. The number of aldehydes is 1. The lowest BCUT2D eigenvalue weighted by Gasteiger charge is -2.20. The molecule has 0 saturated heterocycles. The molecule has 0 aromatic heterocycles. The number of nitro benzene ring substituents is 1. The van der Waals surface area contributed by atoms with Gasteiger partial charge in [0.1, 0.15) is 5.75 Å². The van der Waals surface area contributed by atoms with E-state index >= 15 is 0 Å².